The van der Waals surface area contributed by atoms with Gasteiger partial charge in [0.25, 0.3) is 10.0 Å². The van der Waals surface area contributed by atoms with Crippen molar-refractivity contribution in [3.8, 4) is 0 Å². The van der Waals surface area contributed by atoms with Crippen LogP contribution in [0.1, 0.15) is 18.4 Å². The van der Waals surface area contributed by atoms with Gasteiger partial charge >= 0.3 is 0 Å². The number of aryl methyl sites for hydroxylation is 1. The number of hydrogen-bond acceptors (Lipinski definition) is 4. The molecule has 1 aromatic carbocycles. The summed E-state index contributed by atoms with van der Waals surface area (Å²) in [4.78, 5) is 16.1. The van der Waals surface area contributed by atoms with E-state index in [4.69, 9.17) is 11.6 Å². The molecule has 1 saturated heterocycles. The van der Waals surface area contributed by atoms with Crippen molar-refractivity contribution in [2.75, 3.05) is 18.4 Å². The third-order valence-corrected chi connectivity index (χ3v) is 6.25. The van der Waals surface area contributed by atoms with E-state index in [1.807, 2.05) is 13.0 Å². The average molecular weight is 383 g/mol. The summed E-state index contributed by atoms with van der Waals surface area (Å²) in [5.74, 6) is -0.289. The molecule has 7 nitrogen and oxygen atoms in total. The lowest BCUT2D eigenvalue weighted by Gasteiger charge is -2.12. The summed E-state index contributed by atoms with van der Waals surface area (Å²) in [6.07, 6.45) is 4.46. The van der Waals surface area contributed by atoms with Gasteiger partial charge in [-0.2, -0.15) is 4.31 Å². The van der Waals surface area contributed by atoms with Crippen LogP contribution in [0, 0.1) is 6.92 Å². The molecule has 9 heteroatoms. The number of sulfonamides is 1. The molecular weight excluding hydrogens is 364 g/mol. The Morgan fingerprint density at radius 1 is 1.32 bits per heavy atom. The molecule has 25 heavy (non-hydrogen) atoms. The minimum absolute atomic E-state index is 0.0272. The summed E-state index contributed by atoms with van der Waals surface area (Å²) < 4.78 is 27.7. The van der Waals surface area contributed by atoms with Crippen LogP contribution in [-0.4, -0.2) is 41.3 Å². The lowest BCUT2D eigenvalue weighted by Crippen LogP contribution is -2.28. The van der Waals surface area contributed by atoms with Crippen LogP contribution in [0.15, 0.2) is 35.7 Å². The minimum Gasteiger partial charge on any atom is -0.327 e. The molecule has 1 aliphatic rings. The SMILES string of the molecule is Cc1ccc(NC(=O)Cn2cnc(S(=O)(=O)N3CCCC3)c2)cc1Cl. The van der Waals surface area contributed by atoms with Crippen LogP contribution in [-0.2, 0) is 21.4 Å². The van der Waals surface area contributed by atoms with E-state index in [2.05, 4.69) is 10.3 Å². The molecule has 3 rings (SSSR count). The van der Waals surface area contributed by atoms with E-state index >= 15 is 0 Å². The molecule has 0 saturated carbocycles. The lowest BCUT2D eigenvalue weighted by atomic mass is 10.2. The number of nitrogens with zero attached hydrogens (tertiary/aromatic N) is 3. The van der Waals surface area contributed by atoms with Crippen LogP contribution in [0.3, 0.4) is 0 Å². The van der Waals surface area contributed by atoms with E-state index in [1.165, 1.54) is 21.4 Å². The topological polar surface area (TPSA) is 84.3 Å². The molecule has 0 unspecified atom stereocenters. The van der Waals surface area contributed by atoms with Gasteiger partial charge in [-0.05, 0) is 37.5 Å². The maximum absolute atomic E-state index is 12.4. The molecule has 0 spiro atoms. The van der Waals surface area contributed by atoms with Crippen molar-refractivity contribution in [2.45, 2.75) is 31.3 Å². The fraction of sp³-hybridized carbons (Fsp3) is 0.375. The molecule has 0 radical (unpaired) electrons. The van der Waals surface area contributed by atoms with Crippen molar-refractivity contribution in [3.63, 3.8) is 0 Å². The normalized spacial score (nSPS) is 15.4. The van der Waals surface area contributed by atoms with E-state index in [1.54, 1.807) is 12.1 Å². The van der Waals surface area contributed by atoms with E-state index in [0.717, 1.165) is 18.4 Å². The first-order valence-corrected chi connectivity index (χ1v) is 9.76. The standard InChI is InChI=1S/C16H19ClN4O3S/c1-12-4-5-13(8-14(12)17)19-15(22)9-20-10-16(18-11-20)25(23,24)21-6-2-3-7-21/h4-5,8,10-11H,2-3,6-7,9H2,1H3,(H,19,22). The molecule has 1 amide bonds. The van der Waals surface area contributed by atoms with Crippen LogP contribution in [0.5, 0.6) is 0 Å². The van der Waals surface area contributed by atoms with Gasteiger partial charge < -0.3 is 9.88 Å². The highest BCUT2D eigenvalue weighted by Gasteiger charge is 2.29. The van der Waals surface area contributed by atoms with Gasteiger partial charge in [-0.15, -0.1) is 0 Å². The summed E-state index contributed by atoms with van der Waals surface area (Å²) in [7, 11) is -3.57. The van der Waals surface area contributed by atoms with Crippen molar-refractivity contribution < 1.29 is 13.2 Å². The first-order chi connectivity index (χ1) is 11.9. The number of nitrogens with one attached hydrogen (secondary N) is 1. The van der Waals surface area contributed by atoms with Gasteiger partial charge in [-0.3, -0.25) is 4.79 Å². The van der Waals surface area contributed by atoms with E-state index in [-0.39, 0.29) is 17.5 Å². The summed E-state index contributed by atoms with van der Waals surface area (Å²) in [5.41, 5.74) is 1.51. The lowest BCUT2D eigenvalue weighted by molar-refractivity contribution is -0.116. The van der Waals surface area contributed by atoms with Gasteiger partial charge in [0.05, 0.1) is 6.33 Å². The number of amides is 1. The number of halogens is 1. The number of benzene rings is 1. The molecule has 0 bridgehead atoms. The summed E-state index contributed by atoms with van der Waals surface area (Å²) in [6, 6.07) is 5.25. The Hall–Kier alpha value is -1.90. The Morgan fingerprint density at radius 3 is 2.72 bits per heavy atom. The van der Waals surface area contributed by atoms with Gasteiger partial charge in [-0.1, -0.05) is 17.7 Å². The van der Waals surface area contributed by atoms with E-state index in [0.29, 0.717) is 23.8 Å². The summed E-state index contributed by atoms with van der Waals surface area (Å²) >= 11 is 6.04. The number of aromatic nitrogens is 2. The quantitative estimate of drug-likeness (QED) is 0.859. The minimum atomic E-state index is -3.57. The maximum atomic E-state index is 12.4. The van der Waals surface area contributed by atoms with Crippen molar-refractivity contribution >= 4 is 33.2 Å². The van der Waals surface area contributed by atoms with Crippen LogP contribution >= 0.6 is 11.6 Å². The zero-order chi connectivity index (χ0) is 18.0. The van der Waals surface area contributed by atoms with Crippen molar-refractivity contribution in [1.82, 2.24) is 13.9 Å². The van der Waals surface area contributed by atoms with Gasteiger partial charge in [0.15, 0.2) is 5.03 Å². The molecule has 1 N–H and O–H groups in total. The predicted octanol–water partition coefficient (Wildman–Crippen LogP) is 2.27. The molecule has 0 aliphatic carbocycles. The highest BCUT2D eigenvalue weighted by molar-refractivity contribution is 7.89. The van der Waals surface area contributed by atoms with Crippen LogP contribution in [0.4, 0.5) is 5.69 Å². The van der Waals surface area contributed by atoms with Gasteiger partial charge in [0.2, 0.25) is 5.91 Å². The van der Waals surface area contributed by atoms with Crippen LogP contribution in [0.2, 0.25) is 5.02 Å². The summed E-state index contributed by atoms with van der Waals surface area (Å²) in [5, 5.41) is 3.27. The van der Waals surface area contributed by atoms with Gasteiger partial charge in [0.1, 0.15) is 6.54 Å². The Morgan fingerprint density at radius 2 is 2.04 bits per heavy atom. The monoisotopic (exact) mass is 382 g/mol. The third-order valence-electron chi connectivity index (χ3n) is 4.06. The molecule has 1 fully saturated rings. The van der Waals surface area contributed by atoms with Crippen LogP contribution in [0.25, 0.3) is 0 Å². The number of imidazole rings is 1. The smallest absolute Gasteiger partial charge is 0.262 e. The first-order valence-electron chi connectivity index (χ1n) is 7.94. The fourth-order valence-electron chi connectivity index (χ4n) is 2.66. The third kappa shape index (κ3) is 4.02. The van der Waals surface area contributed by atoms with Gasteiger partial charge in [0, 0.05) is 30.0 Å². The highest BCUT2D eigenvalue weighted by atomic mass is 35.5. The molecular formula is C16H19ClN4O3S. The Balaban J connectivity index is 1.66. The maximum Gasteiger partial charge on any atom is 0.262 e. The number of hydrogen-bond donors (Lipinski definition) is 1. The predicted molar refractivity (Wildman–Crippen MR) is 95.0 cm³/mol. The van der Waals surface area contributed by atoms with Crippen molar-refractivity contribution in [3.05, 3.63) is 41.3 Å². The molecule has 2 heterocycles. The fourth-order valence-corrected chi connectivity index (χ4v) is 4.29. The molecule has 134 valence electrons. The van der Waals surface area contributed by atoms with Crippen molar-refractivity contribution in [1.29, 1.82) is 0 Å². The Kier molecular flexibility index (Phi) is 5.12. The molecule has 0 atom stereocenters. The highest BCUT2D eigenvalue weighted by Crippen LogP contribution is 2.21. The van der Waals surface area contributed by atoms with Crippen LogP contribution < -0.4 is 5.32 Å². The Labute approximate surface area is 151 Å². The number of anilines is 1. The zero-order valence-electron chi connectivity index (χ0n) is 13.8. The second-order valence-electron chi connectivity index (χ2n) is 6.01. The zero-order valence-corrected chi connectivity index (χ0v) is 15.3. The molecule has 1 aromatic heterocycles. The second kappa shape index (κ2) is 7.15. The second-order valence-corrected chi connectivity index (χ2v) is 8.30. The Bertz CT molecular complexity index is 889. The number of rotatable bonds is 5. The largest absolute Gasteiger partial charge is 0.327 e. The van der Waals surface area contributed by atoms with Gasteiger partial charge in [-0.25, -0.2) is 13.4 Å². The van der Waals surface area contributed by atoms with E-state index < -0.39 is 10.0 Å². The van der Waals surface area contributed by atoms with Crippen molar-refractivity contribution in [2.24, 2.45) is 0 Å². The first kappa shape index (κ1) is 17.9. The summed E-state index contributed by atoms with van der Waals surface area (Å²) in [6.45, 7) is 2.88. The van der Waals surface area contributed by atoms with E-state index in [9.17, 15) is 13.2 Å². The number of carbonyl (C=O) groups is 1. The molecule has 2 aromatic rings. The average Bonchev–Trinajstić information content (AvgIpc) is 3.22. The molecule has 1 aliphatic heterocycles. The number of carbonyl (C=O) groups excluding carboxylic acids is 1.